The Morgan fingerprint density at radius 1 is 1.41 bits per heavy atom. The van der Waals surface area contributed by atoms with Gasteiger partial charge in [0.05, 0.1) is 4.34 Å². The van der Waals surface area contributed by atoms with E-state index in [1.807, 2.05) is 6.07 Å². The van der Waals surface area contributed by atoms with Crippen LogP contribution in [0.25, 0.3) is 0 Å². The van der Waals surface area contributed by atoms with E-state index in [4.69, 9.17) is 17.3 Å². The predicted octanol–water partition coefficient (Wildman–Crippen LogP) is 3.90. The summed E-state index contributed by atoms with van der Waals surface area (Å²) in [5, 5.41) is 2.03. The maximum absolute atomic E-state index is 6.33. The molecule has 1 fully saturated rings. The molecule has 0 bridgehead atoms. The molecule has 0 radical (unpaired) electrons. The van der Waals surface area contributed by atoms with Gasteiger partial charge in [0.15, 0.2) is 0 Å². The normalized spacial score (nSPS) is 31.4. The Labute approximate surface area is 121 Å². The Morgan fingerprint density at radius 2 is 2.18 bits per heavy atom. The van der Waals surface area contributed by atoms with Gasteiger partial charge in [-0.3, -0.25) is 0 Å². The van der Waals surface area contributed by atoms with Crippen LogP contribution in [-0.4, -0.2) is 27.5 Å². The summed E-state index contributed by atoms with van der Waals surface area (Å²) in [4.78, 5) is 1.30. The fourth-order valence-electron chi connectivity index (χ4n) is 1.86. The lowest BCUT2D eigenvalue weighted by Gasteiger charge is -2.34. The van der Waals surface area contributed by atoms with Gasteiger partial charge < -0.3 is 5.73 Å². The molecule has 5 heteroatoms. The van der Waals surface area contributed by atoms with E-state index < -0.39 is 0 Å². The minimum absolute atomic E-state index is 0.247. The van der Waals surface area contributed by atoms with Crippen molar-refractivity contribution in [1.82, 2.24) is 0 Å². The van der Waals surface area contributed by atoms with Crippen molar-refractivity contribution in [2.75, 3.05) is 5.75 Å². The highest BCUT2D eigenvalue weighted by molar-refractivity contribution is 8.07. The molecular formula is C12H18ClNS3. The number of hydrogen-bond acceptors (Lipinski definition) is 4. The monoisotopic (exact) mass is 307 g/mol. The zero-order valence-corrected chi connectivity index (χ0v) is 13.3. The first kappa shape index (κ1) is 14.1. The van der Waals surface area contributed by atoms with Crippen LogP contribution in [0, 0.1) is 0 Å². The van der Waals surface area contributed by atoms with Crippen molar-refractivity contribution in [2.24, 2.45) is 5.73 Å². The van der Waals surface area contributed by atoms with E-state index >= 15 is 0 Å². The Morgan fingerprint density at radius 3 is 2.76 bits per heavy atom. The van der Waals surface area contributed by atoms with E-state index in [2.05, 4.69) is 43.4 Å². The molecule has 2 heterocycles. The highest BCUT2D eigenvalue weighted by Crippen LogP contribution is 2.37. The first-order valence-corrected chi connectivity index (χ1v) is 9.01. The van der Waals surface area contributed by atoms with Gasteiger partial charge in [-0.2, -0.15) is 23.5 Å². The van der Waals surface area contributed by atoms with E-state index in [0.29, 0.717) is 10.5 Å². The van der Waals surface area contributed by atoms with Crippen LogP contribution in [0.2, 0.25) is 4.34 Å². The molecule has 0 amide bonds. The van der Waals surface area contributed by atoms with Gasteiger partial charge in [-0.25, -0.2) is 0 Å². The molecule has 4 atom stereocenters. The van der Waals surface area contributed by atoms with E-state index in [9.17, 15) is 0 Å². The fraction of sp³-hybridized carbons (Fsp3) is 0.667. The summed E-state index contributed by atoms with van der Waals surface area (Å²) in [6.07, 6.45) is 0.955. The minimum atomic E-state index is 0.247. The van der Waals surface area contributed by atoms with Gasteiger partial charge in [-0.05, 0) is 18.6 Å². The molecule has 1 saturated heterocycles. The molecule has 1 aromatic rings. The molecule has 4 unspecified atom stereocenters. The van der Waals surface area contributed by atoms with Crippen LogP contribution in [0.15, 0.2) is 12.1 Å². The van der Waals surface area contributed by atoms with Crippen LogP contribution < -0.4 is 5.73 Å². The van der Waals surface area contributed by atoms with Crippen molar-refractivity contribution >= 4 is 46.5 Å². The third kappa shape index (κ3) is 3.80. The average Bonchev–Trinajstić information content (AvgIpc) is 2.68. The van der Waals surface area contributed by atoms with Gasteiger partial charge in [0, 0.05) is 32.4 Å². The quantitative estimate of drug-likeness (QED) is 0.917. The summed E-state index contributed by atoms with van der Waals surface area (Å²) in [7, 11) is 0. The minimum Gasteiger partial charge on any atom is -0.326 e. The van der Waals surface area contributed by atoms with Gasteiger partial charge in [-0.15, -0.1) is 11.3 Å². The van der Waals surface area contributed by atoms with E-state index in [0.717, 1.165) is 16.0 Å². The summed E-state index contributed by atoms with van der Waals surface area (Å²) in [6.45, 7) is 4.62. The van der Waals surface area contributed by atoms with Crippen molar-refractivity contribution in [2.45, 2.75) is 42.1 Å². The van der Waals surface area contributed by atoms with Crippen LogP contribution in [-0.2, 0) is 6.42 Å². The third-order valence-electron chi connectivity index (χ3n) is 3.12. The Kier molecular flexibility index (Phi) is 5.13. The van der Waals surface area contributed by atoms with Crippen molar-refractivity contribution in [3.63, 3.8) is 0 Å². The second-order valence-electron chi connectivity index (χ2n) is 4.49. The Balaban J connectivity index is 1.90. The molecular weight excluding hydrogens is 290 g/mol. The smallest absolute Gasteiger partial charge is 0.0931 e. The lowest BCUT2D eigenvalue weighted by Crippen LogP contribution is -2.41. The highest BCUT2D eigenvalue weighted by atomic mass is 35.5. The standard InChI is InChI=1S/C12H18ClNS3/c1-7-8(2)16-11(6-15-7)10(14)5-9-3-4-12(13)17-9/h3-4,7-8,10-11H,5-6,14H2,1-2H3. The summed E-state index contributed by atoms with van der Waals surface area (Å²) < 4.78 is 0.861. The van der Waals surface area contributed by atoms with Gasteiger partial charge in [0.1, 0.15) is 0 Å². The van der Waals surface area contributed by atoms with Crippen molar-refractivity contribution in [3.05, 3.63) is 21.3 Å². The van der Waals surface area contributed by atoms with E-state index in [1.54, 1.807) is 11.3 Å². The summed E-state index contributed by atoms with van der Waals surface area (Å²) in [5.41, 5.74) is 6.33. The third-order valence-corrected chi connectivity index (χ3v) is 7.94. The zero-order valence-electron chi connectivity index (χ0n) is 10.1. The SMILES string of the molecule is CC1SCC(C(N)Cc2ccc(Cl)s2)SC1C. The first-order valence-electron chi connectivity index (χ1n) is 5.83. The average molecular weight is 308 g/mol. The van der Waals surface area contributed by atoms with Gasteiger partial charge in [0.2, 0.25) is 0 Å². The van der Waals surface area contributed by atoms with Crippen LogP contribution in [0.1, 0.15) is 18.7 Å². The maximum Gasteiger partial charge on any atom is 0.0931 e. The molecule has 1 nitrogen and oxygen atoms in total. The van der Waals surface area contributed by atoms with Crippen molar-refractivity contribution in [3.8, 4) is 0 Å². The van der Waals surface area contributed by atoms with E-state index in [1.165, 1.54) is 10.6 Å². The lowest BCUT2D eigenvalue weighted by atomic mass is 10.1. The molecule has 0 aromatic carbocycles. The summed E-state index contributed by atoms with van der Waals surface area (Å²) in [6, 6.07) is 4.30. The first-order chi connectivity index (χ1) is 8.06. The van der Waals surface area contributed by atoms with E-state index in [-0.39, 0.29) is 6.04 Å². The number of thioether (sulfide) groups is 2. The van der Waals surface area contributed by atoms with Crippen LogP contribution >= 0.6 is 46.5 Å². The molecule has 0 spiro atoms. The topological polar surface area (TPSA) is 26.0 Å². The maximum atomic E-state index is 6.33. The molecule has 1 aliphatic heterocycles. The summed E-state index contributed by atoms with van der Waals surface area (Å²) in [5.74, 6) is 1.18. The van der Waals surface area contributed by atoms with Crippen LogP contribution in [0.4, 0.5) is 0 Å². The zero-order chi connectivity index (χ0) is 12.4. The molecule has 96 valence electrons. The van der Waals surface area contributed by atoms with Crippen molar-refractivity contribution in [1.29, 1.82) is 0 Å². The van der Waals surface area contributed by atoms with Gasteiger partial charge in [-0.1, -0.05) is 25.4 Å². The second-order valence-corrected chi connectivity index (χ2v) is 9.32. The molecule has 1 aromatic heterocycles. The molecule has 2 rings (SSSR count). The predicted molar refractivity (Wildman–Crippen MR) is 83.8 cm³/mol. The van der Waals surface area contributed by atoms with Crippen LogP contribution in [0.5, 0.6) is 0 Å². The number of rotatable bonds is 3. The molecule has 2 N–H and O–H groups in total. The number of thiophene rings is 1. The molecule has 0 aliphatic carbocycles. The lowest BCUT2D eigenvalue weighted by molar-refractivity contribution is 0.662. The fourth-order valence-corrected chi connectivity index (χ4v) is 6.08. The largest absolute Gasteiger partial charge is 0.326 e. The second kappa shape index (κ2) is 6.20. The summed E-state index contributed by atoms with van der Waals surface area (Å²) >= 11 is 11.7. The molecule has 0 saturated carbocycles. The highest BCUT2D eigenvalue weighted by Gasteiger charge is 2.29. The molecule has 17 heavy (non-hydrogen) atoms. The number of halogens is 1. The Bertz CT molecular complexity index is 368. The molecule has 1 aliphatic rings. The van der Waals surface area contributed by atoms with Crippen LogP contribution in [0.3, 0.4) is 0 Å². The Hall–Kier alpha value is 0.650. The van der Waals surface area contributed by atoms with Crippen molar-refractivity contribution < 1.29 is 0 Å². The van der Waals surface area contributed by atoms with Gasteiger partial charge in [0.25, 0.3) is 0 Å². The number of hydrogen-bond donors (Lipinski definition) is 1. The number of nitrogens with two attached hydrogens (primary N) is 1. The van der Waals surface area contributed by atoms with Gasteiger partial charge >= 0.3 is 0 Å².